The van der Waals surface area contributed by atoms with E-state index < -0.39 is 12.1 Å². The van der Waals surface area contributed by atoms with Crippen LogP contribution >= 0.6 is 23.2 Å². The highest BCUT2D eigenvalue weighted by molar-refractivity contribution is 6.37. The second-order valence-corrected chi connectivity index (χ2v) is 5.03. The highest BCUT2D eigenvalue weighted by atomic mass is 35.5. The highest BCUT2D eigenvalue weighted by Crippen LogP contribution is 2.35. The third kappa shape index (κ3) is 4.73. The van der Waals surface area contributed by atoms with Crippen molar-refractivity contribution in [2.75, 3.05) is 19.8 Å². The van der Waals surface area contributed by atoms with Gasteiger partial charge < -0.3 is 18.9 Å². The van der Waals surface area contributed by atoms with Gasteiger partial charge in [-0.3, -0.25) is 0 Å². The molecule has 0 aliphatic rings. The smallest absolute Gasteiger partial charge is 0.321 e. The molecule has 0 saturated heterocycles. The van der Waals surface area contributed by atoms with Gasteiger partial charge in [0.15, 0.2) is 11.9 Å². The van der Waals surface area contributed by atoms with Crippen LogP contribution in [0.2, 0.25) is 10.0 Å². The monoisotopic (exact) mass is 336 g/mol. The van der Waals surface area contributed by atoms with Crippen molar-refractivity contribution < 1.29 is 18.9 Å². The number of halogens is 2. The molecule has 0 heterocycles. The van der Waals surface area contributed by atoms with Gasteiger partial charge in [0, 0.05) is 19.8 Å². The molecular weight excluding hydrogens is 315 g/mol. The maximum atomic E-state index is 6.12. The average molecular weight is 337 g/mol. The molecule has 0 fully saturated rings. The summed E-state index contributed by atoms with van der Waals surface area (Å²) in [6.45, 7) is 8.64. The van der Waals surface area contributed by atoms with Crippen LogP contribution < -0.4 is 4.74 Å². The van der Waals surface area contributed by atoms with Gasteiger partial charge in [0.1, 0.15) is 0 Å². The summed E-state index contributed by atoms with van der Waals surface area (Å²) in [5.74, 6) is -0.905. The number of hydrogen-bond acceptors (Lipinski definition) is 4. The van der Waals surface area contributed by atoms with Gasteiger partial charge in [-0.15, -0.1) is 0 Å². The molecule has 0 aliphatic heterocycles. The van der Waals surface area contributed by atoms with E-state index in [4.69, 9.17) is 42.1 Å². The third-order valence-electron chi connectivity index (χ3n) is 2.75. The molecule has 0 N–H and O–H groups in total. The van der Waals surface area contributed by atoms with Gasteiger partial charge in [-0.2, -0.15) is 0 Å². The van der Waals surface area contributed by atoms with Crippen LogP contribution in [-0.4, -0.2) is 31.9 Å². The van der Waals surface area contributed by atoms with E-state index in [1.165, 1.54) is 0 Å². The molecule has 0 spiro atoms. The zero-order valence-corrected chi connectivity index (χ0v) is 14.3. The molecule has 0 radical (unpaired) electrons. The topological polar surface area (TPSA) is 36.9 Å². The maximum absolute atomic E-state index is 6.12. The van der Waals surface area contributed by atoms with E-state index in [1.54, 1.807) is 25.1 Å². The van der Waals surface area contributed by atoms with E-state index >= 15 is 0 Å². The van der Waals surface area contributed by atoms with Gasteiger partial charge in [0.05, 0.1) is 10.0 Å². The Morgan fingerprint density at radius 2 is 1.38 bits per heavy atom. The van der Waals surface area contributed by atoms with Crippen molar-refractivity contribution in [3.05, 3.63) is 28.2 Å². The lowest BCUT2D eigenvalue weighted by molar-refractivity contribution is -0.403. The Morgan fingerprint density at radius 3 is 1.76 bits per heavy atom. The predicted molar refractivity (Wildman–Crippen MR) is 84.2 cm³/mol. The van der Waals surface area contributed by atoms with Gasteiger partial charge in [-0.25, -0.2) is 0 Å². The normalized spacial score (nSPS) is 13.2. The number of benzene rings is 1. The Kier molecular flexibility index (Phi) is 7.77. The molecule has 1 atom stereocenters. The van der Waals surface area contributed by atoms with Crippen molar-refractivity contribution in [3.63, 3.8) is 0 Å². The van der Waals surface area contributed by atoms with Crippen molar-refractivity contribution in [3.8, 4) is 5.75 Å². The first-order valence-electron chi connectivity index (χ1n) is 7.03. The lowest BCUT2D eigenvalue weighted by Gasteiger charge is -2.37. The molecule has 0 saturated carbocycles. The molecule has 120 valence electrons. The van der Waals surface area contributed by atoms with Gasteiger partial charge in [0.25, 0.3) is 0 Å². The fraction of sp³-hybridized carbons (Fsp3) is 0.600. The van der Waals surface area contributed by atoms with Crippen LogP contribution in [0.15, 0.2) is 18.2 Å². The largest absolute Gasteiger partial charge is 0.479 e. The van der Waals surface area contributed by atoms with Crippen LogP contribution in [0.3, 0.4) is 0 Å². The lowest BCUT2D eigenvalue weighted by atomic mass is 10.3. The third-order valence-corrected chi connectivity index (χ3v) is 3.34. The first-order valence-corrected chi connectivity index (χ1v) is 7.78. The van der Waals surface area contributed by atoms with Crippen molar-refractivity contribution in [2.45, 2.75) is 39.8 Å². The molecule has 1 aromatic carbocycles. The number of ether oxygens (including phenoxy) is 4. The summed E-state index contributed by atoms with van der Waals surface area (Å²) in [5.41, 5.74) is 0. The zero-order chi connectivity index (χ0) is 15.9. The standard InChI is InChI=1S/C15H22Cl2O4/c1-5-18-15(19-6-2,20-7-3)11(4)21-14-12(16)9-8-10-13(14)17/h8-11H,5-7H2,1-4H3/t11-/m0/s1. The second-order valence-electron chi connectivity index (χ2n) is 4.21. The van der Waals surface area contributed by atoms with Gasteiger partial charge >= 0.3 is 5.97 Å². The van der Waals surface area contributed by atoms with Gasteiger partial charge in [-0.1, -0.05) is 29.3 Å². The van der Waals surface area contributed by atoms with Gasteiger partial charge in [0.2, 0.25) is 0 Å². The fourth-order valence-electron chi connectivity index (χ4n) is 1.92. The molecule has 0 aromatic heterocycles. The number of rotatable bonds is 9. The predicted octanol–water partition coefficient (Wildman–Crippen LogP) is 4.52. The second kappa shape index (κ2) is 8.81. The Balaban J connectivity index is 3.01. The highest BCUT2D eigenvalue weighted by Gasteiger charge is 2.42. The molecule has 1 rings (SSSR count). The molecule has 4 nitrogen and oxygen atoms in total. The van der Waals surface area contributed by atoms with Crippen LogP contribution in [0.1, 0.15) is 27.7 Å². The van der Waals surface area contributed by atoms with E-state index in [-0.39, 0.29) is 0 Å². The Hall–Kier alpha value is -0.520. The minimum atomic E-state index is -1.29. The zero-order valence-electron chi connectivity index (χ0n) is 12.8. The van der Waals surface area contributed by atoms with Crippen molar-refractivity contribution in [1.82, 2.24) is 0 Å². The molecule has 0 unspecified atom stereocenters. The van der Waals surface area contributed by atoms with Crippen LogP contribution in [0.25, 0.3) is 0 Å². The van der Waals surface area contributed by atoms with Gasteiger partial charge in [-0.05, 0) is 39.8 Å². The quantitative estimate of drug-likeness (QED) is 0.621. The Morgan fingerprint density at radius 1 is 0.952 bits per heavy atom. The van der Waals surface area contributed by atoms with Crippen LogP contribution in [0.4, 0.5) is 0 Å². The molecule has 0 aliphatic carbocycles. The van der Waals surface area contributed by atoms with E-state index in [1.807, 2.05) is 20.8 Å². The van der Waals surface area contributed by atoms with Crippen molar-refractivity contribution in [2.24, 2.45) is 0 Å². The summed E-state index contributed by atoms with van der Waals surface area (Å²) in [7, 11) is 0. The SMILES string of the molecule is CCOC(OCC)(OCC)[C@H](C)Oc1c(Cl)cccc1Cl. The van der Waals surface area contributed by atoms with Crippen molar-refractivity contribution >= 4 is 23.2 Å². The molecule has 21 heavy (non-hydrogen) atoms. The summed E-state index contributed by atoms with van der Waals surface area (Å²) in [6.07, 6.45) is -0.560. The van der Waals surface area contributed by atoms with E-state index in [0.717, 1.165) is 0 Å². The van der Waals surface area contributed by atoms with Crippen LogP contribution in [0.5, 0.6) is 5.75 Å². The minimum Gasteiger partial charge on any atom is -0.479 e. The number of para-hydroxylation sites is 1. The first kappa shape index (κ1) is 18.5. The van der Waals surface area contributed by atoms with E-state index in [2.05, 4.69) is 0 Å². The minimum absolute atomic E-state index is 0.386. The molecule has 6 heteroatoms. The molecule has 0 amide bonds. The lowest BCUT2D eigenvalue weighted by Crippen LogP contribution is -2.51. The fourth-order valence-corrected chi connectivity index (χ4v) is 2.41. The number of hydrogen-bond donors (Lipinski definition) is 0. The van der Waals surface area contributed by atoms with E-state index in [9.17, 15) is 0 Å². The summed E-state index contributed by atoms with van der Waals surface area (Å²) < 4.78 is 22.9. The van der Waals surface area contributed by atoms with Crippen molar-refractivity contribution in [1.29, 1.82) is 0 Å². The Bertz CT molecular complexity index is 402. The molecule has 1 aromatic rings. The maximum Gasteiger partial charge on any atom is 0.321 e. The summed E-state index contributed by atoms with van der Waals surface area (Å²) in [4.78, 5) is 0. The summed E-state index contributed by atoms with van der Waals surface area (Å²) in [6, 6.07) is 5.17. The summed E-state index contributed by atoms with van der Waals surface area (Å²) in [5, 5.41) is 0.848. The van der Waals surface area contributed by atoms with E-state index in [0.29, 0.717) is 35.6 Å². The van der Waals surface area contributed by atoms with Crippen LogP contribution in [-0.2, 0) is 14.2 Å². The summed E-state index contributed by atoms with van der Waals surface area (Å²) >= 11 is 12.2. The molecule has 0 bridgehead atoms. The first-order chi connectivity index (χ1) is 10.0. The van der Waals surface area contributed by atoms with Crippen LogP contribution in [0, 0.1) is 0 Å². The average Bonchev–Trinajstić information content (AvgIpc) is 2.43. The Labute approximate surface area is 136 Å². The molecular formula is C15H22Cl2O4.